The highest BCUT2D eigenvalue weighted by atomic mass is 35.5. The van der Waals surface area contributed by atoms with E-state index in [0.717, 1.165) is 12.8 Å². The second-order valence-electron chi connectivity index (χ2n) is 6.17. The van der Waals surface area contributed by atoms with Crippen molar-refractivity contribution in [1.29, 1.82) is 0 Å². The SMILES string of the molecule is CCN(CC)S(=O)(=O)c1cc(C(=O)NCC(N)C2CC2)ccc1OC.Cl. The van der Waals surface area contributed by atoms with E-state index in [1.807, 2.05) is 0 Å². The lowest BCUT2D eigenvalue weighted by molar-refractivity contribution is 0.0950. The van der Waals surface area contributed by atoms with E-state index in [-0.39, 0.29) is 40.6 Å². The molecule has 2 rings (SSSR count). The number of hydrogen-bond donors (Lipinski definition) is 2. The molecule has 7 nitrogen and oxygen atoms in total. The standard InChI is InChI=1S/C17H27N3O4S.ClH/c1-4-20(5-2)25(22,23)16-10-13(8-9-15(16)24-3)17(21)19-11-14(18)12-6-7-12;/h8-10,12,14H,4-7,11,18H2,1-3H3,(H,19,21);1H. The molecule has 0 aromatic heterocycles. The zero-order chi connectivity index (χ0) is 18.6. The average Bonchev–Trinajstić information content (AvgIpc) is 3.44. The third kappa shape index (κ3) is 5.09. The summed E-state index contributed by atoms with van der Waals surface area (Å²) < 4.78 is 32.1. The van der Waals surface area contributed by atoms with E-state index in [2.05, 4.69) is 5.32 Å². The summed E-state index contributed by atoms with van der Waals surface area (Å²) >= 11 is 0. The molecule has 0 spiro atoms. The Morgan fingerprint density at radius 1 is 1.35 bits per heavy atom. The molecule has 1 atom stereocenters. The number of nitrogens with one attached hydrogen (secondary N) is 1. The number of hydrogen-bond acceptors (Lipinski definition) is 5. The number of sulfonamides is 1. The van der Waals surface area contributed by atoms with Crippen LogP contribution in [0.15, 0.2) is 23.1 Å². The number of benzene rings is 1. The maximum atomic E-state index is 12.8. The highest BCUT2D eigenvalue weighted by molar-refractivity contribution is 7.89. The van der Waals surface area contributed by atoms with E-state index in [0.29, 0.717) is 25.6 Å². The first-order valence-corrected chi connectivity index (χ1v) is 10.0. The minimum Gasteiger partial charge on any atom is -0.495 e. The van der Waals surface area contributed by atoms with Gasteiger partial charge in [-0.3, -0.25) is 4.79 Å². The smallest absolute Gasteiger partial charge is 0.251 e. The summed E-state index contributed by atoms with van der Waals surface area (Å²) in [6, 6.07) is 4.37. The largest absolute Gasteiger partial charge is 0.495 e. The van der Waals surface area contributed by atoms with E-state index in [4.69, 9.17) is 10.5 Å². The van der Waals surface area contributed by atoms with E-state index in [1.165, 1.54) is 23.5 Å². The van der Waals surface area contributed by atoms with Crippen molar-refractivity contribution in [2.75, 3.05) is 26.7 Å². The van der Waals surface area contributed by atoms with Crippen LogP contribution < -0.4 is 15.8 Å². The zero-order valence-electron chi connectivity index (χ0n) is 15.4. The number of nitrogens with two attached hydrogens (primary N) is 1. The molecular weight excluding hydrogens is 378 g/mol. The Morgan fingerprint density at radius 3 is 2.46 bits per heavy atom. The lowest BCUT2D eigenvalue weighted by atomic mass is 10.1. The monoisotopic (exact) mass is 405 g/mol. The Labute approximate surface area is 161 Å². The van der Waals surface area contributed by atoms with Gasteiger partial charge in [-0.05, 0) is 37.0 Å². The number of halogens is 1. The van der Waals surface area contributed by atoms with Gasteiger partial charge in [0.05, 0.1) is 7.11 Å². The van der Waals surface area contributed by atoms with Crippen LogP contribution in [0.1, 0.15) is 37.0 Å². The van der Waals surface area contributed by atoms with Crippen LogP contribution in [0.3, 0.4) is 0 Å². The molecule has 9 heteroatoms. The summed E-state index contributed by atoms with van der Waals surface area (Å²) in [7, 11) is -2.32. The number of nitrogens with zero attached hydrogens (tertiary/aromatic N) is 1. The van der Waals surface area contributed by atoms with Crippen LogP contribution in [0.2, 0.25) is 0 Å². The Morgan fingerprint density at radius 2 is 1.96 bits per heavy atom. The Hall–Kier alpha value is -1.35. The highest BCUT2D eigenvalue weighted by Crippen LogP contribution is 2.31. The molecule has 0 saturated heterocycles. The first kappa shape index (κ1) is 22.7. The molecule has 1 aliphatic carbocycles. The first-order chi connectivity index (χ1) is 11.8. The quantitative estimate of drug-likeness (QED) is 0.649. The summed E-state index contributed by atoms with van der Waals surface area (Å²) in [5.74, 6) is 0.364. The topological polar surface area (TPSA) is 102 Å². The van der Waals surface area contributed by atoms with Gasteiger partial charge in [0.25, 0.3) is 5.91 Å². The molecule has 1 amide bonds. The van der Waals surface area contributed by atoms with Gasteiger partial charge in [-0.15, -0.1) is 12.4 Å². The first-order valence-electron chi connectivity index (χ1n) is 8.57. The summed E-state index contributed by atoms with van der Waals surface area (Å²) in [6.45, 7) is 4.60. The van der Waals surface area contributed by atoms with Gasteiger partial charge in [0.2, 0.25) is 10.0 Å². The molecule has 3 N–H and O–H groups in total. The summed E-state index contributed by atoms with van der Waals surface area (Å²) in [5.41, 5.74) is 6.26. The van der Waals surface area contributed by atoms with Gasteiger partial charge in [-0.1, -0.05) is 13.8 Å². The Kier molecular flexibility index (Phi) is 8.33. The maximum Gasteiger partial charge on any atom is 0.251 e. The van der Waals surface area contributed by atoms with Crippen molar-refractivity contribution in [3.05, 3.63) is 23.8 Å². The molecule has 1 fully saturated rings. The third-order valence-electron chi connectivity index (χ3n) is 4.47. The number of methoxy groups -OCH3 is 1. The van der Waals surface area contributed by atoms with E-state index in [1.54, 1.807) is 19.9 Å². The zero-order valence-corrected chi connectivity index (χ0v) is 17.0. The van der Waals surface area contributed by atoms with E-state index < -0.39 is 10.0 Å². The van der Waals surface area contributed by atoms with Crippen molar-refractivity contribution in [3.8, 4) is 5.75 Å². The number of ether oxygens (including phenoxy) is 1. The van der Waals surface area contributed by atoms with Crippen molar-refractivity contribution in [3.63, 3.8) is 0 Å². The molecule has 0 heterocycles. The van der Waals surface area contributed by atoms with Crippen LogP contribution in [0.5, 0.6) is 5.75 Å². The molecule has 1 unspecified atom stereocenters. The highest BCUT2D eigenvalue weighted by Gasteiger charge is 2.29. The molecule has 1 aromatic rings. The van der Waals surface area contributed by atoms with Crippen molar-refractivity contribution in [1.82, 2.24) is 9.62 Å². The predicted molar refractivity (Wildman–Crippen MR) is 103 cm³/mol. The minimum absolute atomic E-state index is 0. The molecule has 0 bridgehead atoms. The van der Waals surface area contributed by atoms with Crippen molar-refractivity contribution < 1.29 is 17.9 Å². The molecule has 1 aromatic carbocycles. The molecule has 0 aliphatic heterocycles. The van der Waals surface area contributed by atoms with Crippen LogP contribution >= 0.6 is 12.4 Å². The van der Waals surface area contributed by atoms with Gasteiger partial charge < -0.3 is 15.8 Å². The fourth-order valence-electron chi connectivity index (χ4n) is 2.73. The van der Waals surface area contributed by atoms with Gasteiger partial charge in [-0.2, -0.15) is 4.31 Å². The number of carbonyl (C=O) groups excluding carboxylic acids is 1. The maximum absolute atomic E-state index is 12.8. The molecule has 0 radical (unpaired) electrons. The van der Waals surface area contributed by atoms with E-state index in [9.17, 15) is 13.2 Å². The number of carbonyl (C=O) groups is 1. The number of amides is 1. The molecule has 1 aliphatic rings. The Bertz CT molecular complexity index is 719. The summed E-state index contributed by atoms with van der Waals surface area (Å²) in [6.07, 6.45) is 2.21. The summed E-state index contributed by atoms with van der Waals surface area (Å²) in [5, 5.41) is 2.78. The average molecular weight is 406 g/mol. The van der Waals surface area contributed by atoms with Crippen molar-refractivity contribution in [2.24, 2.45) is 11.7 Å². The lowest BCUT2D eigenvalue weighted by Gasteiger charge is -2.20. The van der Waals surface area contributed by atoms with Crippen LogP contribution in [-0.4, -0.2) is 51.4 Å². The third-order valence-corrected chi connectivity index (χ3v) is 6.55. The second kappa shape index (κ2) is 9.55. The van der Waals surface area contributed by atoms with Crippen LogP contribution in [0.25, 0.3) is 0 Å². The van der Waals surface area contributed by atoms with Crippen LogP contribution in [0.4, 0.5) is 0 Å². The second-order valence-corrected chi connectivity index (χ2v) is 8.07. The summed E-state index contributed by atoms with van der Waals surface area (Å²) in [4.78, 5) is 12.4. The van der Waals surface area contributed by atoms with Gasteiger partial charge in [0.15, 0.2) is 0 Å². The Balaban J connectivity index is 0.00000338. The van der Waals surface area contributed by atoms with Gasteiger partial charge in [0.1, 0.15) is 10.6 Å². The predicted octanol–water partition coefficient (Wildman–Crippen LogP) is 1.61. The minimum atomic E-state index is -3.73. The fraction of sp³-hybridized carbons (Fsp3) is 0.588. The molecule has 26 heavy (non-hydrogen) atoms. The van der Waals surface area contributed by atoms with Gasteiger partial charge >= 0.3 is 0 Å². The van der Waals surface area contributed by atoms with Gasteiger partial charge in [-0.25, -0.2) is 8.42 Å². The molecule has 148 valence electrons. The lowest BCUT2D eigenvalue weighted by Crippen LogP contribution is -2.38. The number of rotatable bonds is 9. The van der Waals surface area contributed by atoms with Crippen molar-refractivity contribution >= 4 is 28.3 Å². The molecular formula is C17H28ClN3O4S. The van der Waals surface area contributed by atoms with E-state index >= 15 is 0 Å². The molecule has 1 saturated carbocycles. The van der Waals surface area contributed by atoms with Gasteiger partial charge in [0, 0.05) is 31.2 Å². The van der Waals surface area contributed by atoms with Crippen LogP contribution in [-0.2, 0) is 10.0 Å². The van der Waals surface area contributed by atoms with Crippen molar-refractivity contribution in [2.45, 2.75) is 37.6 Å². The fourth-order valence-corrected chi connectivity index (χ4v) is 4.37. The van der Waals surface area contributed by atoms with Crippen LogP contribution in [0, 0.1) is 5.92 Å². The normalized spacial score (nSPS) is 15.3.